The lowest BCUT2D eigenvalue weighted by molar-refractivity contribution is 0.102. The Balaban J connectivity index is 0.000000263. The van der Waals surface area contributed by atoms with Gasteiger partial charge in [-0.05, 0) is 34.6 Å². The van der Waals surface area contributed by atoms with E-state index in [1.165, 1.54) is 0 Å². The lowest BCUT2D eigenvalue weighted by Gasteiger charge is -2.17. The second-order valence-corrected chi connectivity index (χ2v) is 11.2. The van der Waals surface area contributed by atoms with Crippen LogP contribution >= 0.6 is 0 Å². The molecule has 0 N–H and O–H groups in total. The van der Waals surface area contributed by atoms with Gasteiger partial charge in [0.2, 0.25) is 5.78 Å². The van der Waals surface area contributed by atoms with E-state index < -0.39 is 51.5 Å². The van der Waals surface area contributed by atoms with Crippen molar-refractivity contribution in [1.82, 2.24) is 0 Å². The zero-order valence-corrected chi connectivity index (χ0v) is 21.9. The van der Waals surface area contributed by atoms with Gasteiger partial charge in [0.05, 0.1) is 0 Å². The number of hydrogen-bond donors (Lipinski definition) is 0. The van der Waals surface area contributed by atoms with Crippen molar-refractivity contribution in [2.45, 2.75) is 0 Å². The molecule has 0 aliphatic rings. The predicted molar refractivity (Wildman–Crippen MR) is 143 cm³/mol. The lowest BCUT2D eigenvalue weighted by atomic mass is 9.79. The topological polar surface area (TPSA) is 34.1 Å². The summed E-state index contributed by atoms with van der Waals surface area (Å²) in [7, 11) is -2.55. The van der Waals surface area contributed by atoms with Gasteiger partial charge in [0.15, 0.2) is 38.4 Å². The minimum atomic E-state index is -6.30. The zero-order valence-electron chi connectivity index (χ0n) is 21.1. The van der Waals surface area contributed by atoms with Crippen molar-refractivity contribution in [3.05, 3.63) is 125 Å². The van der Waals surface area contributed by atoms with Gasteiger partial charge in [0.25, 0.3) is 0 Å². The number of ketones is 1. The molecule has 0 aliphatic carbocycles. The van der Waals surface area contributed by atoms with Crippen molar-refractivity contribution < 1.29 is 43.9 Å². The van der Waals surface area contributed by atoms with E-state index in [1.807, 2.05) is 72.8 Å². The normalized spacial score (nSPS) is 12.3. The van der Waals surface area contributed by atoms with Crippen LogP contribution in [-0.4, -0.2) is 24.8 Å². The van der Waals surface area contributed by atoms with Gasteiger partial charge in [0, 0.05) is 11.1 Å². The molecule has 1 atom stereocenters. The molecule has 0 heterocycles. The number of benzene rings is 4. The first-order valence-electron chi connectivity index (χ1n) is 11.7. The average Bonchev–Trinajstić information content (AvgIpc) is 2.94. The molecule has 0 aliphatic heterocycles. The predicted octanol–water partition coefficient (Wildman–Crippen LogP) is 7.11. The average molecular weight is 594 g/mol. The molecule has 12 heteroatoms. The molecule has 41 heavy (non-hydrogen) atoms. The van der Waals surface area contributed by atoms with Crippen LogP contribution in [-0.2, 0) is 14.1 Å². The van der Waals surface area contributed by atoms with Crippen molar-refractivity contribution in [3.63, 3.8) is 0 Å². The van der Waals surface area contributed by atoms with Crippen molar-refractivity contribution in [1.29, 1.82) is 0 Å². The minimum Gasteiger partial charge on any atom is -0.445 e. The van der Waals surface area contributed by atoms with Gasteiger partial charge in [-0.1, -0.05) is 77.0 Å². The molecule has 0 saturated heterocycles. The van der Waals surface area contributed by atoms with Crippen molar-refractivity contribution in [2.75, 3.05) is 12.0 Å². The van der Waals surface area contributed by atoms with Gasteiger partial charge in [-0.3, -0.25) is 4.79 Å². The van der Waals surface area contributed by atoms with Gasteiger partial charge in [0.1, 0.15) is 17.9 Å². The van der Waals surface area contributed by atoms with Crippen LogP contribution in [0.15, 0.2) is 84.9 Å². The highest BCUT2D eigenvalue weighted by molar-refractivity contribution is 8.07. The summed E-state index contributed by atoms with van der Waals surface area (Å²) in [4.78, 5) is 12.5. The maximum atomic E-state index is 12.6. The van der Waals surface area contributed by atoms with Crippen LogP contribution in [0.25, 0.3) is 11.1 Å². The maximum Gasteiger partial charge on any atom is 0.515 e. The third kappa shape index (κ3) is 8.14. The summed E-state index contributed by atoms with van der Waals surface area (Å²) in [6, 6.07) is 26.7. The number of hydrogen-bond acceptors (Lipinski definition) is 2. The summed E-state index contributed by atoms with van der Waals surface area (Å²) in [5.74, 6) is -10.9. The number of Topliss-reactive ketones (excluding diaryl/α,β-unsaturated/α-hetero) is 1. The SMILES string of the molecule is C[S+](=O)(C#Cc1ccccc1)CC(=O)c1ccc(-c2ccccc2)cc1.Fc1c(F)c(F)c([B-](F)(F)F)c(F)c1F. The van der Waals surface area contributed by atoms with Crippen LogP contribution in [0.2, 0.25) is 0 Å². The summed E-state index contributed by atoms with van der Waals surface area (Å²) >= 11 is 0. The Bertz CT molecular complexity index is 1620. The number of rotatable bonds is 5. The van der Waals surface area contributed by atoms with Crippen LogP contribution in [0.4, 0.5) is 34.9 Å². The summed E-state index contributed by atoms with van der Waals surface area (Å²) in [5, 5.41) is 2.77. The Morgan fingerprint density at radius 2 is 1.12 bits per heavy atom. The first-order valence-corrected chi connectivity index (χ1v) is 13.8. The molecule has 4 rings (SSSR count). The fourth-order valence-corrected chi connectivity index (χ4v) is 4.52. The van der Waals surface area contributed by atoms with Crippen LogP contribution in [0.3, 0.4) is 0 Å². The van der Waals surface area contributed by atoms with E-state index in [0.29, 0.717) is 5.56 Å². The molecule has 0 aromatic heterocycles. The molecule has 0 saturated carbocycles. The minimum absolute atomic E-state index is 0.0719. The molecule has 0 spiro atoms. The van der Waals surface area contributed by atoms with E-state index in [-0.39, 0.29) is 11.5 Å². The Morgan fingerprint density at radius 3 is 1.61 bits per heavy atom. The van der Waals surface area contributed by atoms with Crippen LogP contribution in [0.5, 0.6) is 0 Å². The van der Waals surface area contributed by atoms with Crippen molar-refractivity contribution in [3.8, 4) is 22.3 Å². The van der Waals surface area contributed by atoms with Crippen LogP contribution in [0.1, 0.15) is 15.9 Å². The van der Waals surface area contributed by atoms with Gasteiger partial charge >= 0.3 is 6.98 Å². The third-order valence-corrected chi connectivity index (χ3v) is 6.82. The monoisotopic (exact) mass is 594 g/mol. The van der Waals surface area contributed by atoms with E-state index >= 15 is 0 Å². The first-order chi connectivity index (χ1) is 19.2. The molecule has 4 aromatic rings. The second kappa shape index (κ2) is 13.0. The Kier molecular flexibility index (Phi) is 9.89. The molecule has 2 nitrogen and oxygen atoms in total. The first kappa shape index (κ1) is 31.3. The molecule has 0 amide bonds. The van der Waals surface area contributed by atoms with Gasteiger partial charge in [-0.15, -0.1) is 0 Å². The fourth-order valence-electron chi connectivity index (χ4n) is 3.45. The number of carbonyl (C=O) groups excluding carboxylic acids is 1. The standard InChI is InChI=1S/C23H19O2S.C6BF8/c1-26(25,17-16-19-8-4-2-5-9-19)18-23(24)22-14-12-21(13-15-22)20-10-6-3-7-11-20;8-2-1(7(13,14)15)3(9)5(11)6(12)4(2)10/h2-15H,18H2,1H3;/q+1;-1. The highest BCUT2D eigenvalue weighted by Gasteiger charge is 2.37. The zero-order chi connectivity index (χ0) is 30.4. The van der Waals surface area contributed by atoms with E-state index in [2.05, 4.69) is 11.2 Å². The Hall–Kier alpha value is -4.24. The Labute approximate surface area is 231 Å². The molecule has 4 aromatic carbocycles. The molecule has 212 valence electrons. The Morgan fingerprint density at radius 1 is 0.683 bits per heavy atom. The van der Waals surface area contributed by atoms with Crippen molar-refractivity contribution >= 4 is 28.2 Å². The molecule has 0 fully saturated rings. The fraction of sp³-hybridized carbons (Fsp3) is 0.0690. The smallest absolute Gasteiger partial charge is 0.445 e. The van der Waals surface area contributed by atoms with E-state index in [1.54, 1.807) is 18.4 Å². The summed E-state index contributed by atoms with van der Waals surface area (Å²) < 4.78 is 110. The van der Waals surface area contributed by atoms with E-state index in [0.717, 1.165) is 16.7 Å². The van der Waals surface area contributed by atoms with Gasteiger partial charge in [-0.25, -0.2) is 22.0 Å². The second-order valence-electron chi connectivity index (χ2n) is 8.67. The third-order valence-electron chi connectivity index (χ3n) is 5.48. The lowest BCUT2D eigenvalue weighted by Crippen LogP contribution is -2.41. The molecule has 0 bridgehead atoms. The summed E-state index contributed by atoms with van der Waals surface area (Å²) in [5.41, 5.74) is 0.761. The van der Waals surface area contributed by atoms with Crippen LogP contribution < -0.4 is 5.46 Å². The number of carbonyl (C=O) groups is 1. The van der Waals surface area contributed by atoms with Crippen LogP contribution in [0, 0.1) is 40.3 Å². The molecule has 1 unspecified atom stereocenters. The van der Waals surface area contributed by atoms with Gasteiger partial charge < -0.3 is 12.9 Å². The van der Waals surface area contributed by atoms with Gasteiger partial charge in [-0.2, -0.15) is 0 Å². The quantitative estimate of drug-likeness (QED) is 0.0470. The summed E-state index contributed by atoms with van der Waals surface area (Å²) in [6.45, 7) is -6.30. The summed E-state index contributed by atoms with van der Waals surface area (Å²) in [6.07, 6.45) is 1.54. The maximum absolute atomic E-state index is 12.6. The molecular formula is C29H19BF8O2S. The van der Waals surface area contributed by atoms with E-state index in [9.17, 15) is 43.9 Å². The highest BCUT2D eigenvalue weighted by atomic mass is 32.2. The molecule has 0 radical (unpaired) electrons. The number of halogens is 8. The van der Waals surface area contributed by atoms with Crippen molar-refractivity contribution in [2.24, 2.45) is 0 Å². The molecular weight excluding hydrogens is 575 g/mol. The largest absolute Gasteiger partial charge is 0.515 e. The van der Waals surface area contributed by atoms with E-state index in [4.69, 9.17) is 0 Å². The highest BCUT2D eigenvalue weighted by Crippen LogP contribution is 2.22.